The third-order valence-corrected chi connectivity index (χ3v) is 2.33. The molecule has 3 fully saturated rings. The molecule has 44 valence electrons. The Hall–Kier alpha value is -0.600. The molecule has 0 heterocycles. The molecule has 2 N–H and O–H groups in total. The maximum absolute atomic E-state index is 6.53. The highest BCUT2D eigenvalue weighted by Gasteiger charge is 2.56. The molecule has 3 nitrogen and oxygen atoms in total. The predicted octanol–water partition coefficient (Wildman–Crippen LogP) is 1.07. The van der Waals surface area contributed by atoms with E-state index in [2.05, 4.69) is 10.6 Å². The molecular weight excluding hydrogens is 102 g/mol. The molecule has 3 aliphatic carbocycles. The third kappa shape index (κ3) is 0.309. The average Bonchev–Trinajstić information content (AvgIpc) is 1.50. The Morgan fingerprint density at radius 2 is 2.12 bits per heavy atom. The van der Waals surface area contributed by atoms with Crippen LogP contribution in [0, 0.1) is 11.4 Å². The van der Waals surface area contributed by atoms with Gasteiger partial charge < -0.3 is 0 Å². The van der Waals surface area contributed by atoms with Gasteiger partial charge in [-0.2, -0.15) is 5.53 Å². The Kier molecular flexibility index (Phi) is 0.558. The fourth-order valence-electron chi connectivity index (χ4n) is 1.73. The topological polar surface area (TPSA) is 48.2 Å². The summed E-state index contributed by atoms with van der Waals surface area (Å²) in [5, 5.41) is 3.17. The second-order valence-corrected chi connectivity index (χ2v) is 2.98. The van der Waals surface area contributed by atoms with Crippen LogP contribution in [0.4, 0.5) is 0 Å². The van der Waals surface area contributed by atoms with Gasteiger partial charge in [0.2, 0.25) is 0 Å². The first-order chi connectivity index (χ1) is 3.85. The maximum atomic E-state index is 6.53. The molecule has 0 aromatic carbocycles. The van der Waals surface area contributed by atoms with Crippen LogP contribution in [0.5, 0.6) is 0 Å². The molecule has 8 heavy (non-hydrogen) atoms. The zero-order chi connectivity index (χ0) is 5.61. The van der Waals surface area contributed by atoms with Crippen molar-refractivity contribution in [2.45, 2.75) is 24.8 Å². The van der Waals surface area contributed by atoms with E-state index in [1.165, 1.54) is 19.3 Å². The van der Waals surface area contributed by atoms with E-state index in [1.54, 1.807) is 0 Å². The Morgan fingerprint density at radius 1 is 1.50 bits per heavy atom. The van der Waals surface area contributed by atoms with E-state index in [9.17, 15) is 0 Å². The third-order valence-electron chi connectivity index (χ3n) is 2.33. The Labute approximate surface area is 47.9 Å². The summed E-state index contributed by atoms with van der Waals surface area (Å²) in [7, 11) is 0. The van der Waals surface area contributed by atoms with Crippen LogP contribution in [-0.2, 0) is 0 Å². The first-order valence-corrected chi connectivity index (χ1v) is 2.98. The van der Waals surface area contributed by atoms with Gasteiger partial charge in [0.15, 0.2) is 0 Å². The number of nitrogens with one attached hydrogen (secondary N) is 2. The Bertz CT molecular complexity index is 115. The summed E-state index contributed by atoms with van der Waals surface area (Å²) in [5.74, 6) is 0.976. The van der Waals surface area contributed by atoms with E-state index in [0.29, 0.717) is 5.54 Å². The summed E-state index contributed by atoms with van der Waals surface area (Å²) in [6, 6.07) is 0. The van der Waals surface area contributed by atoms with Crippen LogP contribution in [0.15, 0.2) is 5.22 Å². The Balaban J connectivity index is 1.95. The van der Waals surface area contributed by atoms with Gasteiger partial charge in [0.05, 0.1) is 5.54 Å². The zero-order valence-electron chi connectivity index (χ0n) is 4.65. The maximum Gasteiger partial charge on any atom is 0.0573 e. The summed E-state index contributed by atoms with van der Waals surface area (Å²) in [5.41, 5.74) is 9.66. The van der Waals surface area contributed by atoms with E-state index in [1.807, 2.05) is 0 Å². The lowest BCUT2D eigenvalue weighted by atomic mass is 9.50. The highest BCUT2D eigenvalue weighted by molar-refractivity contribution is 5.12. The summed E-state index contributed by atoms with van der Waals surface area (Å²) in [6.45, 7) is 0. The van der Waals surface area contributed by atoms with Gasteiger partial charge in [0, 0.05) is 0 Å². The SMILES string of the molecule is N=NNC12CC(C1)C2. The molecule has 3 heteroatoms. The van der Waals surface area contributed by atoms with E-state index in [0.717, 1.165) is 5.92 Å². The lowest BCUT2D eigenvalue weighted by Crippen LogP contribution is -2.65. The minimum atomic E-state index is 0.312. The molecule has 0 spiro atoms. The summed E-state index contributed by atoms with van der Waals surface area (Å²) in [4.78, 5) is 0. The Morgan fingerprint density at radius 3 is 2.25 bits per heavy atom. The van der Waals surface area contributed by atoms with Crippen LogP contribution < -0.4 is 5.43 Å². The summed E-state index contributed by atoms with van der Waals surface area (Å²) < 4.78 is 0. The van der Waals surface area contributed by atoms with Crippen LogP contribution in [0.25, 0.3) is 0 Å². The van der Waals surface area contributed by atoms with Crippen molar-refractivity contribution in [1.29, 1.82) is 5.53 Å². The summed E-state index contributed by atoms with van der Waals surface area (Å²) in [6.07, 6.45) is 3.78. The smallest absolute Gasteiger partial charge is 0.0573 e. The molecule has 0 radical (unpaired) electrons. The van der Waals surface area contributed by atoms with Gasteiger partial charge in [-0.25, -0.2) is 0 Å². The van der Waals surface area contributed by atoms with Crippen LogP contribution in [0.3, 0.4) is 0 Å². The lowest BCUT2D eigenvalue weighted by Gasteiger charge is -2.60. The van der Waals surface area contributed by atoms with E-state index >= 15 is 0 Å². The van der Waals surface area contributed by atoms with E-state index < -0.39 is 0 Å². The number of nitrogens with zero attached hydrogens (tertiary/aromatic N) is 1. The van der Waals surface area contributed by atoms with Crippen LogP contribution in [0.2, 0.25) is 0 Å². The fourth-order valence-corrected chi connectivity index (χ4v) is 1.73. The normalized spacial score (nSPS) is 48.8. The van der Waals surface area contributed by atoms with Gasteiger partial charge >= 0.3 is 0 Å². The lowest BCUT2D eigenvalue weighted by molar-refractivity contribution is -0.0522. The molecule has 0 aromatic rings. The second-order valence-electron chi connectivity index (χ2n) is 2.98. The average molecular weight is 111 g/mol. The highest BCUT2D eigenvalue weighted by Crippen LogP contribution is 2.56. The molecule has 3 saturated carbocycles. The fraction of sp³-hybridized carbons (Fsp3) is 1.00. The second kappa shape index (κ2) is 1.04. The monoisotopic (exact) mass is 111 g/mol. The van der Waals surface area contributed by atoms with Gasteiger partial charge in [-0.3, -0.25) is 5.43 Å². The first-order valence-electron chi connectivity index (χ1n) is 2.98. The number of rotatable bonds is 2. The van der Waals surface area contributed by atoms with Crippen molar-refractivity contribution < 1.29 is 0 Å². The number of hydrogen-bond acceptors (Lipinski definition) is 2. The quantitative estimate of drug-likeness (QED) is 0.406. The first kappa shape index (κ1) is 4.30. The zero-order valence-corrected chi connectivity index (χ0v) is 4.65. The minimum Gasteiger partial charge on any atom is -0.286 e. The van der Waals surface area contributed by atoms with Gasteiger partial charge in [-0.1, -0.05) is 5.22 Å². The van der Waals surface area contributed by atoms with Gasteiger partial charge in [0.25, 0.3) is 0 Å². The molecule has 0 aliphatic heterocycles. The molecule has 0 unspecified atom stereocenters. The molecule has 3 aliphatic rings. The van der Waals surface area contributed by atoms with Gasteiger partial charge in [-0.05, 0) is 25.2 Å². The van der Waals surface area contributed by atoms with Crippen molar-refractivity contribution in [1.82, 2.24) is 5.43 Å². The van der Waals surface area contributed by atoms with Gasteiger partial charge in [0.1, 0.15) is 0 Å². The standard InChI is InChI=1S/C5H9N3/c6-8-7-5-1-4(2-5)3-5/h4H,1-3H2,(H2,6,7). The number of hydrogen-bond donors (Lipinski definition) is 2. The highest BCUT2D eigenvalue weighted by atomic mass is 15.4. The molecule has 0 atom stereocenters. The van der Waals surface area contributed by atoms with Crippen molar-refractivity contribution in [2.24, 2.45) is 11.1 Å². The molecular formula is C5H9N3. The van der Waals surface area contributed by atoms with E-state index in [-0.39, 0.29) is 0 Å². The van der Waals surface area contributed by atoms with Crippen LogP contribution in [0.1, 0.15) is 19.3 Å². The molecule has 3 rings (SSSR count). The minimum absolute atomic E-state index is 0.312. The van der Waals surface area contributed by atoms with Crippen molar-refractivity contribution >= 4 is 0 Å². The van der Waals surface area contributed by atoms with Crippen LogP contribution >= 0.6 is 0 Å². The largest absolute Gasteiger partial charge is 0.286 e. The van der Waals surface area contributed by atoms with Crippen molar-refractivity contribution in [3.05, 3.63) is 0 Å². The van der Waals surface area contributed by atoms with Crippen molar-refractivity contribution in [3.8, 4) is 0 Å². The van der Waals surface area contributed by atoms with Crippen LogP contribution in [-0.4, -0.2) is 5.54 Å². The predicted molar refractivity (Wildman–Crippen MR) is 28.4 cm³/mol. The van der Waals surface area contributed by atoms with E-state index in [4.69, 9.17) is 5.53 Å². The molecule has 0 saturated heterocycles. The molecule has 0 aromatic heterocycles. The molecule has 2 bridgehead atoms. The van der Waals surface area contributed by atoms with Gasteiger partial charge in [-0.15, -0.1) is 0 Å². The summed E-state index contributed by atoms with van der Waals surface area (Å²) >= 11 is 0. The van der Waals surface area contributed by atoms with Crippen molar-refractivity contribution in [2.75, 3.05) is 0 Å². The van der Waals surface area contributed by atoms with Crippen molar-refractivity contribution in [3.63, 3.8) is 0 Å². The molecule has 0 amide bonds.